The zero-order chi connectivity index (χ0) is 18.3. The maximum atomic E-state index is 2.26. The van der Waals surface area contributed by atoms with Gasteiger partial charge in [0.25, 0.3) is 0 Å². The van der Waals surface area contributed by atoms with Crippen molar-refractivity contribution in [3.63, 3.8) is 0 Å². The van der Waals surface area contributed by atoms with E-state index in [1.54, 1.807) is 33.4 Å². The van der Waals surface area contributed by atoms with E-state index in [4.69, 9.17) is 0 Å². The Balaban J connectivity index is 0.000000101. The number of hydrogen-bond acceptors (Lipinski definition) is 0. The molecule has 3 aromatic rings. The van der Waals surface area contributed by atoms with Crippen LogP contribution in [0.1, 0.15) is 52.6 Å². The van der Waals surface area contributed by atoms with Gasteiger partial charge in [-0.25, -0.2) is 0 Å². The molecule has 0 nitrogen and oxygen atoms in total. The molecule has 27 heavy (non-hydrogen) atoms. The van der Waals surface area contributed by atoms with E-state index in [0.717, 1.165) is 0 Å². The second-order valence-electron chi connectivity index (χ2n) is 7.87. The molecule has 6 rings (SSSR count). The van der Waals surface area contributed by atoms with Crippen molar-refractivity contribution in [1.82, 2.24) is 0 Å². The van der Waals surface area contributed by atoms with Gasteiger partial charge < -0.3 is 0 Å². The number of hydrogen-bond donors (Lipinski definition) is 0. The molecule has 0 radical (unpaired) electrons. The highest BCUT2D eigenvalue weighted by molar-refractivity contribution is 5.34. The van der Waals surface area contributed by atoms with Crippen molar-refractivity contribution < 1.29 is 0 Å². The average molecular weight is 355 g/mol. The van der Waals surface area contributed by atoms with Gasteiger partial charge in [-0.1, -0.05) is 72.8 Å². The molecule has 0 atom stereocenters. The standard InChI is InChI=1S/C10H12.C9H10.C8H8/c1-2-6-10-8-4-3-7-9(10)5-1;1-2-5-9-7-3-6-8(9)4-1;1-2-4-8-6-5-7(8)3-1/h1-2,5-6H,3-4,7-8H2;1-2,4-5H,3,6-7H2;1-4H,5-6H2. The van der Waals surface area contributed by atoms with Crippen molar-refractivity contribution in [2.75, 3.05) is 0 Å². The highest BCUT2D eigenvalue weighted by Crippen LogP contribution is 2.21. The lowest BCUT2D eigenvalue weighted by Gasteiger charge is -2.16. The molecular weight excluding hydrogens is 324 g/mol. The van der Waals surface area contributed by atoms with E-state index in [-0.39, 0.29) is 0 Å². The minimum absolute atomic E-state index is 1.30. The fourth-order valence-corrected chi connectivity index (χ4v) is 4.33. The molecule has 3 aliphatic rings. The normalized spacial score (nSPS) is 15.6. The van der Waals surface area contributed by atoms with Crippen LogP contribution in [0.5, 0.6) is 0 Å². The van der Waals surface area contributed by atoms with Crippen molar-refractivity contribution in [3.8, 4) is 0 Å². The maximum absolute atomic E-state index is 2.26. The highest BCUT2D eigenvalue weighted by atomic mass is 14.1. The van der Waals surface area contributed by atoms with Crippen LogP contribution < -0.4 is 0 Å². The summed E-state index contributed by atoms with van der Waals surface area (Å²) in [5.41, 5.74) is 9.39. The van der Waals surface area contributed by atoms with Gasteiger partial charge in [-0.2, -0.15) is 0 Å². The van der Waals surface area contributed by atoms with Gasteiger partial charge in [0.15, 0.2) is 0 Å². The molecule has 0 saturated carbocycles. The third-order valence-electron chi connectivity index (χ3n) is 6.05. The molecule has 0 N–H and O–H groups in total. The Kier molecular flexibility index (Phi) is 6.04. The van der Waals surface area contributed by atoms with E-state index >= 15 is 0 Å². The summed E-state index contributed by atoms with van der Waals surface area (Å²) in [7, 11) is 0. The fourth-order valence-electron chi connectivity index (χ4n) is 4.33. The summed E-state index contributed by atoms with van der Waals surface area (Å²) in [6.45, 7) is 0. The quantitative estimate of drug-likeness (QED) is 0.431. The minimum atomic E-state index is 1.30. The van der Waals surface area contributed by atoms with E-state index in [2.05, 4.69) is 72.8 Å². The topological polar surface area (TPSA) is 0 Å². The first-order chi connectivity index (χ1) is 13.4. The smallest absolute Gasteiger partial charge is 0.0235 e. The number of benzene rings is 3. The van der Waals surface area contributed by atoms with Crippen LogP contribution in [0.2, 0.25) is 0 Å². The van der Waals surface area contributed by atoms with E-state index < -0.39 is 0 Å². The van der Waals surface area contributed by atoms with E-state index in [1.807, 2.05) is 0 Å². The largest absolute Gasteiger partial charge is 0.0620 e. The first-order valence-corrected chi connectivity index (χ1v) is 10.6. The van der Waals surface area contributed by atoms with Gasteiger partial charge in [-0.3, -0.25) is 0 Å². The van der Waals surface area contributed by atoms with E-state index in [9.17, 15) is 0 Å². The fraction of sp³-hybridized carbons (Fsp3) is 0.333. The second-order valence-corrected chi connectivity index (χ2v) is 7.87. The Hall–Kier alpha value is -2.34. The third-order valence-corrected chi connectivity index (χ3v) is 6.05. The summed E-state index contributed by atoms with van der Waals surface area (Å²) < 4.78 is 0. The molecule has 0 fully saturated rings. The Morgan fingerprint density at radius 2 is 0.556 bits per heavy atom. The lowest BCUT2D eigenvalue weighted by Crippen LogP contribution is -2.06. The van der Waals surface area contributed by atoms with Gasteiger partial charge in [0, 0.05) is 0 Å². The Labute approximate surface area is 164 Å². The molecule has 0 aromatic heterocycles. The Morgan fingerprint density at radius 3 is 0.815 bits per heavy atom. The van der Waals surface area contributed by atoms with Gasteiger partial charge in [0.05, 0.1) is 0 Å². The van der Waals surface area contributed by atoms with Crippen LogP contribution >= 0.6 is 0 Å². The van der Waals surface area contributed by atoms with Crippen molar-refractivity contribution >= 4 is 0 Å². The number of rotatable bonds is 0. The van der Waals surface area contributed by atoms with Crippen LogP contribution in [-0.2, 0) is 38.5 Å². The second kappa shape index (κ2) is 9.04. The molecule has 0 aliphatic heterocycles. The molecule has 0 heteroatoms. The van der Waals surface area contributed by atoms with Crippen molar-refractivity contribution in [1.29, 1.82) is 0 Å². The number of aryl methyl sites for hydroxylation is 6. The molecule has 3 aliphatic carbocycles. The summed E-state index contributed by atoms with van der Waals surface area (Å²) in [5.74, 6) is 0. The van der Waals surface area contributed by atoms with Crippen LogP contribution in [0.25, 0.3) is 0 Å². The van der Waals surface area contributed by atoms with Crippen molar-refractivity contribution in [2.24, 2.45) is 0 Å². The Morgan fingerprint density at radius 1 is 0.296 bits per heavy atom. The first-order valence-electron chi connectivity index (χ1n) is 10.6. The van der Waals surface area contributed by atoms with Crippen LogP contribution in [0, 0.1) is 0 Å². The van der Waals surface area contributed by atoms with Gasteiger partial charge in [0.2, 0.25) is 0 Å². The zero-order valence-electron chi connectivity index (χ0n) is 16.3. The summed E-state index contributed by atoms with van der Waals surface area (Å²) >= 11 is 0. The van der Waals surface area contributed by atoms with Gasteiger partial charge in [-0.05, 0) is 91.2 Å². The summed E-state index contributed by atoms with van der Waals surface area (Å²) in [6, 6.07) is 26.2. The lowest BCUT2D eigenvalue weighted by molar-refractivity contribution is 0.685. The molecule has 0 heterocycles. The van der Waals surface area contributed by atoms with Crippen molar-refractivity contribution in [3.05, 3.63) is 106 Å². The molecule has 3 aromatic carbocycles. The molecule has 138 valence electrons. The highest BCUT2D eigenvalue weighted by Gasteiger charge is 2.09. The lowest BCUT2D eigenvalue weighted by atomic mass is 9.89. The van der Waals surface area contributed by atoms with E-state index in [1.165, 1.54) is 57.8 Å². The first kappa shape index (κ1) is 18.0. The number of fused-ring (bicyclic) bond motifs is 3. The van der Waals surface area contributed by atoms with Crippen molar-refractivity contribution in [2.45, 2.75) is 57.8 Å². The summed E-state index contributed by atoms with van der Waals surface area (Å²) in [6.07, 6.45) is 11.9. The predicted octanol–water partition coefficient (Wildman–Crippen LogP) is 6.53. The molecule has 0 unspecified atom stereocenters. The molecule has 0 amide bonds. The molecular formula is C27H30. The summed E-state index contributed by atoms with van der Waals surface area (Å²) in [4.78, 5) is 0. The molecule has 0 spiro atoms. The van der Waals surface area contributed by atoms with Crippen LogP contribution in [-0.4, -0.2) is 0 Å². The average Bonchev–Trinajstić information content (AvgIpc) is 3.19. The predicted molar refractivity (Wildman–Crippen MR) is 115 cm³/mol. The Bertz CT molecular complexity index is 803. The van der Waals surface area contributed by atoms with E-state index in [0.29, 0.717) is 0 Å². The van der Waals surface area contributed by atoms with Crippen LogP contribution in [0.4, 0.5) is 0 Å². The SMILES string of the molecule is c1ccc2c(c1)CC2.c1ccc2c(c1)CCC2.c1ccc2c(c1)CCCC2. The monoisotopic (exact) mass is 354 g/mol. The molecule has 0 bridgehead atoms. The summed E-state index contributed by atoms with van der Waals surface area (Å²) in [5, 5.41) is 0. The van der Waals surface area contributed by atoms with Gasteiger partial charge in [0.1, 0.15) is 0 Å². The van der Waals surface area contributed by atoms with Gasteiger partial charge in [-0.15, -0.1) is 0 Å². The minimum Gasteiger partial charge on any atom is -0.0620 e. The van der Waals surface area contributed by atoms with Gasteiger partial charge >= 0.3 is 0 Å². The van der Waals surface area contributed by atoms with Crippen LogP contribution in [0.15, 0.2) is 72.8 Å². The molecule has 0 saturated heterocycles. The zero-order valence-corrected chi connectivity index (χ0v) is 16.3. The van der Waals surface area contributed by atoms with Crippen LogP contribution in [0.3, 0.4) is 0 Å². The maximum Gasteiger partial charge on any atom is -0.0235 e. The third kappa shape index (κ3) is 4.69.